The first-order valence-electron chi connectivity index (χ1n) is 7.68. The predicted molar refractivity (Wildman–Crippen MR) is 87.9 cm³/mol. The van der Waals surface area contributed by atoms with Gasteiger partial charge in [-0.1, -0.05) is 23.7 Å². The van der Waals surface area contributed by atoms with Crippen LogP contribution in [-0.4, -0.2) is 22.4 Å². The molecule has 5 heteroatoms. The van der Waals surface area contributed by atoms with Gasteiger partial charge in [-0.25, -0.2) is 0 Å². The van der Waals surface area contributed by atoms with Crippen molar-refractivity contribution >= 4 is 23.4 Å². The number of nitrogens with zero attached hydrogens (tertiary/aromatic N) is 1. The van der Waals surface area contributed by atoms with Crippen LogP contribution < -0.4 is 0 Å². The van der Waals surface area contributed by atoms with Crippen molar-refractivity contribution in [1.82, 2.24) is 4.57 Å². The van der Waals surface area contributed by atoms with Gasteiger partial charge in [-0.05, 0) is 44.5 Å². The van der Waals surface area contributed by atoms with Gasteiger partial charge < -0.3 is 9.30 Å². The molecule has 1 unspecified atom stereocenters. The Kier molecular flexibility index (Phi) is 4.26. The molecule has 1 aromatic heterocycles. The van der Waals surface area contributed by atoms with Crippen LogP contribution in [-0.2, 0) is 16.1 Å². The first kappa shape index (κ1) is 15.8. The van der Waals surface area contributed by atoms with E-state index in [1.54, 1.807) is 30.3 Å². The Morgan fingerprint density at radius 2 is 1.96 bits per heavy atom. The summed E-state index contributed by atoms with van der Waals surface area (Å²) in [4.78, 5) is 24.9. The highest BCUT2D eigenvalue weighted by atomic mass is 35.5. The molecular formula is C18H18ClNO3. The Bertz CT molecular complexity index is 763. The minimum Gasteiger partial charge on any atom is -0.462 e. The van der Waals surface area contributed by atoms with Crippen molar-refractivity contribution in [3.8, 4) is 0 Å². The number of hydrogen-bond donors (Lipinski definition) is 0. The maximum absolute atomic E-state index is 12.7. The molecule has 3 rings (SSSR count). The molecule has 0 radical (unpaired) electrons. The Labute approximate surface area is 140 Å². The molecule has 1 atom stereocenters. The monoisotopic (exact) mass is 331 g/mol. The van der Waals surface area contributed by atoms with E-state index in [9.17, 15) is 9.59 Å². The molecule has 0 N–H and O–H groups in total. The van der Waals surface area contributed by atoms with Gasteiger partial charge >= 0.3 is 5.97 Å². The van der Waals surface area contributed by atoms with Crippen LogP contribution in [0.15, 0.2) is 36.4 Å². The zero-order valence-corrected chi connectivity index (χ0v) is 13.8. The first-order chi connectivity index (χ1) is 11.0. The smallest absolute Gasteiger partial charge is 0.315 e. The van der Waals surface area contributed by atoms with Gasteiger partial charge in [0.25, 0.3) is 0 Å². The molecule has 0 amide bonds. The third-order valence-electron chi connectivity index (χ3n) is 4.00. The highest BCUT2D eigenvalue weighted by Gasteiger charge is 2.33. The number of ketones is 1. The van der Waals surface area contributed by atoms with E-state index in [1.807, 2.05) is 24.5 Å². The molecule has 120 valence electrons. The highest BCUT2D eigenvalue weighted by Crippen LogP contribution is 2.33. The number of fused-ring (bicyclic) bond motifs is 1. The van der Waals surface area contributed by atoms with Crippen LogP contribution in [0.4, 0.5) is 0 Å². The van der Waals surface area contributed by atoms with Crippen molar-refractivity contribution in [3.05, 3.63) is 58.4 Å². The summed E-state index contributed by atoms with van der Waals surface area (Å²) in [7, 11) is 0. The molecule has 0 fully saturated rings. The zero-order valence-electron chi connectivity index (χ0n) is 13.1. The lowest BCUT2D eigenvalue weighted by atomic mass is 10.1. The van der Waals surface area contributed by atoms with Crippen LogP contribution in [0.2, 0.25) is 5.02 Å². The molecule has 2 aromatic rings. The molecule has 2 heterocycles. The Morgan fingerprint density at radius 1 is 1.22 bits per heavy atom. The van der Waals surface area contributed by atoms with E-state index in [4.69, 9.17) is 16.3 Å². The highest BCUT2D eigenvalue weighted by molar-refractivity contribution is 6.34. The average molecular weight is 332 g/mol. The van der Waals surface area contributed by atoms with Crippen LogP contribution in [0.25, 0.3) is 0 Å². The van der Waals surface area contributed by atoms with Gasteiger partial charge in [0.2, 0.25) is 5.78 Å². The summed E-state index contributed by atoms with van der Waals surface area (Å²) in [6.07, 6.45) is 0.514. The summed E-state index contributed by atoms with van der Waals surface area (Å²) >= 11 is 6.12. The zero-order chi connectivity index (χ0) is 16.6. The van der Waals surface area contributed by atoms with Crippen LogP contribution in [0.5, 0.6) is 0 Å². The fraction of sp³-hybridized carbons (Fsp3) is 0.333. The van der Waals surface area contributed by atoms with Crippen molar-refractivity contribution in [3.63, 3.8) is 0 Å². The summed E-state index contributed by atoms with van der Waals surface area (Å²) in [5.41, 5.74) is 1.88. The summed E-state index contributed by atoms with van der Waals surface area (Å²) in [6.45, 7) is 4.29. The van der Waals surface area contributed by atoms with Crippen LogP contribution in [0.1, 0.15) is 47.9 Å². The number of carbonyl (C=O) groups is 2. The Balaban J connectivity index is 1.90. The van der Waals surface area contributed by atoms with Crippen LogP contribution in [0, 0.1) is 0 Å². The normalized spacial score (nSPS) is 16.4. The standard InChI is InChI=1S/C18H18ClNO3/c1-11(2)23-18(22)13-9-10-20-15(13)7-8-16(20)17(21)12-5-3-4-6-14(12)19/h3-8,11,13H,9-10H2,1-2H3. The van der Waals surface area contributed by atoms with Gasteiger partial charge in [0, 0.05) is 17.8 Å². The maximum atomic E-state index is 12.7. The summed E-state index contributed by atoms with van der Waals surface area (Å²) < 4.78 is 7.21. The Hall–Kier alpha value is -2.07. The molecule has 23 heavy (non-hydrogen) atoms. The lowest BCUT2D eigenvalue weighted by Crippen LogP contribution is -2.18. The van der Waals surface area contributed by atoms with Gasteiger partial charge in [-0.3, -0.25) is 9.59 Å². The molecular weight excluding hydrogens is 314 g/mol. The minimum absolute atomic E-state index is 0.125. The number of rotatable bonds is 4. The van der Waals surface area contributed by atoms with Gasteiger partial charge in [0.1, 0.15) is 0 Å². The number of hydrogen-bond acceptors (Lipinski definition) is 3. The van der Waals surface area contributed by atoms with E-state index in [0.717, 1.165) is 5.69 Å². The van der Waals surface area contributed by atoms with Crippen molar-refractivity contribution in [2.75, 3.05) is 0 Å². The number of carbonyl (C=O) groups excluding carboxylic acids is 2. The third kappa shape index (κ3) is 2.91. The fourth-order valence-corrected chi connectivity index (χ4v) is 3.20. The third-order valence-corrected chi connectivity index (χ3v) is 4.33. The predicted octanol–water partition coefficient (Wildman–Crippen LogP) is 3.81. The average Bonchev–Trinajstić information content (AvgIpc) is 3.07. The minimum atomic E-state index is -0.301. The van der Waals surface area contributed by atoms with Crippen molar-refractivity contribution in [1.29, 1.82) is 0 Å². The fourth-order valence-electron chi connectivity index (χ4n) is 2.98. The number of aromatic nitrogens is 1. The van der Waals surface area contributed by atoms with Crippen molar-refractivity contribution in [2.24, 2.45) is 0 Å². The molecule has 1 aliphatic heterocycles. The second-order valence-electron chi connectivity index (χ2n) is 5.93. The quantitative estimate of drug-likeness (QED) is 0.632. The molecule has 0 spiro atoms. The van der Waals surface area contributed by atoms with E-state index in [0.29, 0.717) is 29.2 Å². The molecule has 4 nitrogen and oxygen atoms in total. The van der Waals surface area contributed by atoms with E-state index in [-0.39, 0.29) is 23.8 Å². The van der Waals surface area contributed by atoms with Crippen LogP contribution in [0.3, 0.4) is 0 Å². The second kappa shape index (κ2) is 6.20. The maximum Gasteiger partial charge on any atom is 0.315 e. The molecule has 0 aliphatic carbocycles. The van der Waals surface area contributed by atoms with Crippen LogP contribution >= 0.6 is 11.6 Å². The molecule has 0 saturated heterocycles. The summed E-state index contributed by atoms with van der Waals surface area (Å²) in [5.74, 6) is -0.654. The lowest BCUT2D eigenvalue weighted by molar-refractivity contribution is -0.149. The molecule has 1 aromatic carbocycles. The molecule has 1 aliphatic rings. The van der Waals surface area contributed by atoms with E-state index >= 15 is 0 Å². The summed E-state index contributed by atoms with van der Waals surface area (Å²) in [6, 6.07) is 10.6. The Morgan fingerprint density at radius 3 is 2.65 bits per heavy atom. The van der Waals surface area contributed by atoms with Crippen molar-refractivity contribution < 1.29 is 14.3 Å². The summed E-state index contributed by atoms with van der Waals surface area (Å²) in [5, 5.41) is 0.432. The number of esters is 1. The van der Waals surface area contributed by atoms with Crippen molar-refractivity contribution in [2.45, 2.75) is 38.8 Å². The second-order valence-corrected chi connectivity index (χ2v) is 6.34. The molecule has 0 bridgehead atoms. The van der Waals surface area contributed by atoms with Gasteiger partial charge in [0.05, 0.1) is 22.7 Å². The van der Waals surface area contributed by atoms with E-state index in [1.165, 1.54) is 0 Å². The number of ether oxygens (including phenoxy) is 1. The first-order valence-corrected chi connectivity index (χ1v) is 8.06. The van der Waals surface area contributed by atoms with Gasteiger partial charge in [0.15, 0.2) is 0 Å². The lowest BCUT2D eigenvalue weighted by Gasteiger charge is -2.12. The number of halogens is 1. The SMILES string of the molecule is CC(C)OC(=O)C1CCn2c(C(=O)c3ccccc3Cl)ccc21. The van der Waals surface area contributed by atoms with E-state index in [2.05, 4.69) is 0 Å². The van der Waals surface area contributed by atoms with Gasteiger partial charge in [-0.15, -0.1) is 0 Å². The number of benzene rings is 1. The molecule has 0 saturated carbocycles. The largest absolute Gasteiger partial charge is 0.462 e. The topological polar surface area (TPSA) is 48.3 Å². The van der Waals surface area contributed by atoms with Gasteiger partial charge in [-0.2, -0.15) is 0 Å². The van der Waals surface area contributed by atoms with E-state index < -0.39 is 0 Å².